The van der Waals surface area contributed by atoms with E-state index in [0.717, 1.165) is 13.1 Å². The Bertz CT molecular complexity index is 287. The van der Waals surface area contributed by atoms with Gasteiger partial charge in [-0.1, -0.05) is 11.6 Å². The average Bonchev–Trinajstić information content (AvgIpc) is 2.62. The van der Waals surface area contributed by atoms with Gasteiger partial charge in [0.25, 0.3) is 0 Å². The Balaban J connectivity index is 1.90. The molecule has 0 fully saturated rings. The van der Waals surface area contributed by atoms with Crippen LogP contribution in [0.3, 0.4) is 0 Å². The Morgan fingerprint density at radius 1 is 1.62 bits per heavy atom. The molecule has 0 atom stereocenters. The quantitative estimate of drug-likeness (QED) is 0.695. The van der Waals surface area contributed by atoms with Gasteiger partial charge in [0.2, 0.25) is 0 Å². The molecule has 1 N–H and O–H groups in total. The number of aromatic amines is 1. The molecule has 0 amide bonds. The molecule has 2 heterocycles. The van der Waals surface area contributed by atoms with Crippen LogP contribution < -0.4 is 0 Å². The number of rotatable bonds is 2. The Labute approximate surface area is 78.4 Å². The molecule has 0 spiro atoms. The molecule has 1 aromatic heterocycles. The molecular weight excluding hydrogens is 162 g/mol. The molecule has 0 unspecified atom stereocenters. The minimum absolute atomic E-state index is 0.990. The van der Waals surface area contributed by atoms with Gasteiger partial charge in [-0.15, -0.1) is 0 Å². The third-order valence-electron chi connectivity index (χ3n) is 2.47. The molecule has 3 heteroatoms. The number of H-pyrrole nitrogens is 1. The molecule has 3 nitrogen and oxygen atoms in total. The lowest BCUT2D eigenvalue weighted by molar-refractivity contribution is 0.282. The van der Waals surface area contributed by atoms with E-state index in [1.54, 1.807) is 6.20 Å². The van der Waals surface area contributed by atoms with Gasteiger partial charge in [0.1, 0.15) is 0 Å². The van der Waals surface area contributed by atoms with Crippen molar-refractivity contribution in [2.45, 2.75) is 19.9 Å². The summed E-state index contributed by atoms with van der Waals surface area (Å²) >= 11 is 0. The SMILES string of the molecule is CC1=CCN(Cc2ccn[nH]2)CC1. The second-order valence-electron chi connectivity index (χ2n) is 3.62. The molecule has 0 bridgehead atoms. The highest BCUT2D eigenvalue weighted by atomic mass is 15.2. The van der Waals surface area contributed by atoms with Gasteiger partial charge in [-0.2, -0.15) is 5.10 Å². The molecule has 0 radical (unpaired) electrons. The number of nitrogens with zero attached hydrogens (tertiary/aromatic N) is 2. The number of hydrogen-bond acceptors (Lipinski definition) is 2. The average molecular weight is 177 g/mol. The lowest BCUT2D eigenvalue weighted by Gasteiger charge is -2.24. The Morgan fingerprint density at radius 3 is 3.15 bits per heavy atom. The molecule has 0 saturated carbocycles. The molecular formula is C10H15N3. The van der Waals surface area contributed by atoms with E-state index < -0.39 is 0 Å². The monoisotopic (exact) mass is 177 g/mol. The van der Waals surface area contributed by atoms with Crippen molar-refractivity contribution in [3.63, 3.8) is 0 Å². The van der Waals surface area contributed by atoms with Crippen LogP contribution in [0.4, 0.5) is 0 Å². The van der Waals surface area contributed by atoms with Crippen LogP contribution in [0.2, 0.25) is 0 Å². The summed E-state index contributed by atoms with van der Waals surface area (Å²) in [5.41, 5.74) is 2.72. The van der Waals surface area contributed by atoms with E-state index in [1.807, 2.05) is 6.07 Å². The topological polar surface area (TPSA) is 31.9 Å². The molecule has 13 heavy (non-hydrogen) atoms. The van der Waals surface area contributed by atoms with Crippen LogP contribution in [0, 0.1) is 0 Å². The third-order valence-corrected chi connectivity index (χ3v) is 2.47. The minimum Gasteiger partial charge on any atom is -0.294 e. The normalized spacial score (nSPS) is 18.7. The summed E-state index contributed by atoms with van der Waals surface area (Å²) in [6, 6.07) is 2.03. The zero-order valence-electron chi connectivity index (χ0n) is 7.95. The summed E-state index contributed by atoms with van der Waals surface area (Å²) in [5, 5.41) is 6.92. The van der Waals surface area contributed by atoms with Crippen molar-refractivity contribution in [2.24, 2.45) is 0 Å². The smallest absolute Gasteiger partial charge is 0.0492 e. The van der Waals surface area contributed by atoms with E-state index in [9.17, 15) is 0 Å². The van der Waals surface area contributed by atoms with Crippen molar-refractivity contribution in [1.82, 2.24) is 15.1 Å². The molecule has 0 aliphatic carbocycles. The molecule has 1 aliphatic rings. The lowest BCUT2D eigenvalue weighted by Crippen LogP contribution is -2.28. The number of hydrogen-bond donors (Lipinski definition) is 1. The Kier molecular flexibility index (Phi) is 2.45. The van der Waals surface area contributed by atoms with Gasteiger partial charge in [-0.05, 0) is 19.4 Å². The maximum Gasteiger partial charge on any atom is 0.0492 e. The van der Waals surface area contributed by atoms with Crippen molar-refractivity contribution in [3.05, 3.63) is 29.6 Å². The zero-order valence-corrected chi connectivity index (χ0v) is 7.95. The second-order valence-corrected chi connectivity index (χ2v) is 3.62. The highest BCUT2D eigenvalue weighted by Crippen LogP contribution is 2.11. The summed E-state index contributed by atoms with van der Waals surface area (Å²) in [6.45, 7) is 5.43. The van der Waals surface area contributed by atoms with Gasteiger partial charge in [-0.25, -0.2) is 0 Å². The second kappa shape index (κ2) is 3.75. The van der Waals surface area contributed by atoms with Crippen molar-refractivity contribution >= 4 is 0 Å². The van der Waals surface area contributed by atoms with E-state index in [0.29, 0.717) is 0 Å². The fourth-order valence-corrected chi connectivity index (χ4v) is 1.57. The van der Waals surface area contributed by atoms with E-state index >= 15 is 0 Å². The fourth-order valence-electron chi connectivity index (χ4n) is 1.57. The molecule has 70 valence electrons. The fraction of sp³-hybridized carbons (Fsp3) is 0.500. The zero-order chi connectivity index (χ0) is 9.10. The summed E-state index contributed by atoms with van der Waals surface area (Å²) in [4.78, 5) is 2.42. The van der Waals surface area contributed by atoms with Crippen LogP contribution in [0.15, 0.2) is 23.9 Å². The van der Waals surface area contributed by atoms with Crippen LogP contribution in [-0.2, 0) is 6.54 Å². The van der Waals surface area contributed by atoms with Crippen LogP contribution in [0.1, 0.15) is 19.0 Å². The minimum atomic E-state index is 0.990. The maximum atomic E-state index is 3.94. The first-order valence-electron chi connectivity index (χ1n) is 4.71. The summed E-state index contributed by atoms with van der Waals surface area (Å²) in [6.07, 6.45) is 5.31. The van der Waals surface area contributed by atoms with Crippen molar-refractivity contribution in [2.75, 3.05) is 13.1 Å². The van der Waals surface area contributed by atoms with Crippen LogP contribution in [0.25, 0.3) is 0 Å². The van der Waals surface area contributed by atoms with E-state index in [-0.39, 0.29) is 0 Å². The number of nitrogens with one attached hydrogen (secondary N) is 1. The molecule has 0 aromatic carbocycles. The predicted molar refractivity (Wildman–Crippen MR) is 52.2 cm³/mol. The van der Waals surface area contributed by atoms with Gasteiger partial charge in [0.05, 0.1) is 0 Å². The first kappa shape index (κ1) is 8.51. The van der Waals surface area contributed by atoms with Gasteiger partial charge in [0.15, 0.2) is 0 Å². The standard InChI is InChI=1S/C10H15N3/c1-9-3-6-13(7-4-9)8-10-2-5-11-12-10/h2-3,5H,4,6-8H2,1H3,(H,11,12). The third kappa shape index (κ3) is 2.18. The first-order chi connectivity index (χ1) is 6.34. The first-order valence-corrected chi connectivity index (χ1v) is 4.71. The molecule has 1 aromatic rings. The summed E-state index contributed by atoms with van der Waals surface area (Å²) in [5.74, 6) is 0. The summed E-state index contributed by atoms with van der Waals surface area (Å²) < 4.78 is 0. The predicted octanol–water partition coefficient (Wildman–Crippen LogP) is 1.56. The van der Waals surface area contributed by atoms with Gasteiger partial charge < -0.3 is 0 Å². The van der Waals surface area contributed by atoms with E-state index in [2.05, 4.69) is 28.1 Å². The van der Waals surface area contributed by atoms with Crippen molar-refractivity contribution in [3.8, 4) is 0 Å². The largest absolute Gasteiger partial charge is 0.294 e. The highest BCUT2D eigenvalue weighted by molar-refractivity contribution is 5.05. The molecule has 1 aliphatic heterocycles. The van der Waals surface area contributed by atoms with E-state index in [4.69, 9.17) is 0 Å². The van der Waals surface area contributed by atoms with Gasteiger partial charge in [0, 0.05) is 31.5 Å². The maximum absolute atomic E-state index is 3.94. The van der Waals surface area contributed by atoms with Crippen molar-refractivity contribution in [1.29, 1.82) is 0 Å². The number of aromatic nitrogens is 2. The molecule has 0 saturated heterocycles. The van der Waals surface area contributed by atoms with Crippen LogP contribution in [-0.4, -0.2) is 28.2 Å². The summed E-state index contributed by atoms with van der Waals surface area (Å²) in [7, 11) is 0. The van der Waals surface area contributed by atoms with Crippen LogP contribution in [0.5, 0.6) is 0 Å². The van der Waals surface area contributed by atoms with E-state index in [1.165, 1.54) is 24.2 Å². The highest BCUT2D eigenvalue weighted by Gasteiger charge is 2.09. The van der Waals surface area contributed by atoms with Crippen molar-refractivity contribution < 1.29 is 0 Å². The lowest BCUT2D eigenvalue weighted by atomic mass is 10.1. The molecule has 2 rings (SSSR count). The van der Waals surface area contributed by atoms with Crippen LogP contribution >= 0.6 is 0 Å². The Hall–Kier alpha value is -1.09. The van der Waals surface area contributed by atoms with Gasteiger partial charge in [-0.3, -0.25) is 10.00 Å². The Morgan fingerprint density at radius 2 is 2.54 bits per heavy atom. The van der Waals surface area contributed by atoms with Gasteiger partial charge >= 0.3 is 0 Å².